The molecule has 3 unspecified atom stereocenters. The Morgan fingerprint density at radius 2 is 1.51 bits per heavy atom. The highest BCUT2D eigenvalue weighted by molar-refractivity contribution is 7.99. The van der Waals surface area contributed by atoms with Gasteiger partial charge in [-0.2, -0.15) is 0 Å². The van der Waals surface area contributed by atoms with Crippen LogP contribution >= 0.6 is 11.8 Å². The highest BCUT2D eigenvalue weighted by Gasteiger charge is 2.57. The van der Waals surface area contributed by atoms with E-state index in [1.807, 2.05) is 67.6 Å². The summed E-state index contributed by atoms with van der Waals surface area (Å²) in [7, 11) is 0. The largest absolute Gasteiger partial charge is 0.554 e. The van der Waals surface area contributed by atoms with Crippen molar-refractivity contribution in [3.05, 3.63) is 71.8 Å². The van der Waals surface area contributed by atoms with Crippen molar-refractivity contribution in [2.75, 3.05) is 18.8 Å². The first-order chi connectivity index (χ1) is 18.0. The fraction of sp³-hybridized carbons (Fsp3) is 0.533. The van der Waals surface area contributed by atoms with E-state index in [0.717, 1.165) is 29.7 Å². The van der Waals surface area contributed by atoms with Gasteiger partial charge in [0.25, 0.3) is 0 Å². The summed E-state index contributed by atoms with van der Waals surface area (Å²) in [6, 6.07) is 21.1. The molecule has 1 spiro atoms. The Kier molecular flexibility index (Phi) is 9.32. The first kappa shape index (κ1) is 27.7. The number of ether oxygens (including phenoxy) is 2. The number of rotatable bonds is 8. The topological polar surface area (TPSA) is 75.7 Å². The normalized spacial score (nSPS) is 24.6. The smallest absolute Gasteiger partial charge is 0.348 e. The van der Waals surface area contributed by atoms with Gasteiger partial charge in [-0.1, -0.05) is 67.6 Å². The Morgan fingerprint density at radius 1 is 1.03 bits per heavy atom. The van der Waals surface area contributed by atoms with Crippen LogP contribution in [0, 0.1) is 0 Å². The number of hydrogen-bond acceptors (Lipinski definition) is 6. The highest BCUT2D eigenvalue weighted by atomic mass is 32.2. The van der Waals surface area contributed by atoms with Crippen molar-refractivity contribution in [2.24, 2.45) is 0 Å². The van der Waals surface area contributed by atoms with Gasteiger partial charge in [0.2, 0.25) is 5.60 Å². The predicted molar refractivity (Wildman–Crippen MR) is 144 cm³/mol. The van der Waals surface area contributed by atoms with Gasteiger partial charge in [0.1, 0.15) is 11.5 Å². The van der Waals surface area contributed by atoms with E-state index < -0.39 is 12.1 Å². The van der Waals surface area contributed by atoms with Gasteiger partial charge in [0.05, 0.1) is 25.2 Å². The number of benzene rings is 2. The van der Waals surface area contributed by atoms with Gasteiger partial charge in [0, 0.05) is 45.0 Å². The summed E-state index contributed by atoms with van der Waals surface area (Å²) < 4.78 is 14.4. The van der Waals surface area contributed by atoms with Gasteiger partial charge < -0.3 is 23.9 Å². The molecule has 7 heteroatoms. The molecule has 2 bridgehead atoms. The molecule has 3 atom stereocenters. The lowest BCUT2D eigenvalue weighted by Crippen LogP contribution is -2.60. The fourth-order valence-electron chi connectivity index (χ4n) is 6.99. The molecule has 3 heterocycles. The Bertz CT molecular complexity index is 956. The van der Waals surface area contributed by atoms with Gasteiger partial charge >= 0.3 is 5.97 Å². The van der Waals surface area contributed by atoms with Crippen molar-refractivity contribution in [2.45, 2.75) is 81.6 Å². The SMILES string of the molecule is CCSC(C)OC(C(=O)OC1CC2CCC(C1)[N+]21CCCC1)(c1ccccc1)c1ccccc1.O=C[O-]. The third-order valence-electron chi connectivity index (χ3n) is 8.42. The van der Waals surface area contributed by atoms with Crippen molar-refractivity contribution < 1.29 is 28.7 Å². The molecule has 6 nitrogen and oxygen atoms in total. The van der Waals surface area contributed by atoms with Gasteiger partial charge in [0.15, 0.2) is 0 Å². The monoisotopic (exact) mass is 525 g/mol. The molecule has 37 heavy (non-hydrogen) atoms. The molecule has 3 aliphatic heterocycles. The van der Waals surface area contributed by atoms with Crippen LogP contribution in [0.2, 0.25) is 0 Å². The minimum atomic E-state index is -1.28. The zero-order valence-electron chi connectivity index (χ0n) is 21.9. The third-order valence-corrected chi connectivity index (χ3v) is 9.32. The van der Waals surface area contributed by atoms with E-state index in [4.69, 9.17) is 19.4 Å². The fourth-order valence-corrected chi connectivity index (χ4v) is 7.67. The Morgan fingerprint density at radius 3 is 1.97 bits per heavy atom. The lowest BCUT2D eigenvalue weighted by molar-refractivity contribution is -0.956. The first-order valence-corrected chi connectivity index (χ1v) is 14.6. The Balaban J connectivity index is 0.00000102. The maximum absolute atomic E-state index is 14.3. The maximum Gasteiger partial charge on any atom is 0.348 e. The molecule has 0 amide bonds. The molecule has 0 N–H and O–H groups in total. The van der Waals surface area contributed by atoms with Crippen LogP contribution in [0.5, 0.6) is 0 Å². The van der Waals surface area contributed by atoms with Gasteiger partial charge in [-0.25, -0.2) is 4.79 Å². The minimum Gasteiger partial charge on any atom is -0.554 e. The molecule has 0 saturated carbocycles. The second-order valence-electron chi connectivity index (χ2n) is 10.3. The van der Waals surface area contributed by atoms with E-state index in [-0.39, 0.29) is 17.5 Å². The Hall–Kier alpha value is -2.35. The van der Waals surface area contributed by atoms with Crippen LogP contribution in [0.25, 0.3) is 0 Å². The molecular formula is C30H39NO5S. The molecule has 0 aliphatic carbocycles. The zero-order valence-corrected chi connectivity index (χ0v) is 22.7. The van der Waals surface area contributed by atoms with Crippen molar-refractivity contribution in [1.29, 1.82) is 0 Å². The molecule has 2 aromatic carbocycles. The van der Waals surface area contributed by atoms with E-state index in [9.17, 15) is 4.79 Å². The number of piperidine rings is 1. The van der Waals surface area contributed by atoms with Crippen molar-refractivity contribution in [1.82, 2.24) is 0 Å². The third kappa shape index (κ3) is 5.59. The minimum absolute atomic E-state index is 0.0288. The van der Waals surface area contributed by atoms with E-state index in [1.165, 1.54) is 43.3 Å². The quantitative estimate of drug-likeness (QED) is 0.222. The standard InChI is InChI=1S/C29H38NO3S.CH2O2/c1-3-34-22(2)33-29(23-12-6-4-7-13-23,24-14-8-5-9-15-24)28(31)32-27-20-25-16-17-26(21-27)30(25)18-10-11-19-30;2-1-3/h4-9,12-15,22,25-27H,3,10-11,16-21H2,1-2H3;1H,(H,2,3)/q+1;/p-1. The van der Waals surface area contributed by atoms with Crippen LogP contribution in [-0.4, -0.2) is 59.4 Å². The maximum atomic E-state index is 14.3. The molecule has 0 aromatic heterocycles. The Labute approximate surface area is 224 Å². The van der Waals surface area contributed by atoms with E-state index >= 15 is 0 Å². The number of carboxylic acid groups (broad SMARTS) is 1. The summed E-state index contributed by atoms with van der Waals surface area (Å²) in [6.07, 6.45) is 7.21. The molecular weight excluding hydrogens is 486 g/mol. The summed E-state index contributed by atoms with van der Waals surface area (Å²) in [5.41, 5.74) is 0.229. The summed E-state index contributed by atoms with van der Waals surface area (Å²) >= 11 is 1.70. The summed E-state index contributed by atoms with van der Waals surface area (Å²) in [6.45, 7) is 6.29. The second kappa shape index (κ2) is 12.5. The van der Waals surface area contributed by atoms with Crippen LogP contribution in [0.3, 0.4) is 0 Å². The van der Waals surface area contributed by atoms with Gasteiger partial charge in [-0.15, -0.1) is 11.8 Å². The molecule has 2 aromatic rings. The lowest BCUT2D eigenvalue weighted by atomic mass is 9.85. The van der Waals surface area contributed by atoms with Gasteiger partial charge in [-0.3, -0.25) is 0 Å². The summed E-state index contributed by atoms with van der Waals surface area (Å²) in [5.74, 6) is 0.648. The number of hydrogen-bond donors (Lipinski definition) is 0. The van der Waals surface area contributed by atoms with E-state index in [2.05, 4.69) is 6.92 Å². The first-order valence-electron chi connectivity index (χ1n) is 13.5. The number of esters is 1. The summed E-state index contributed by atoms with van der Waals surface area (Å²) in [5, 5.41) is 8.25. The average Bonchev–Trinajstić information content (AvgIpc) is 3.45. The number of nitrogens with zero attached hydrogens (tertiary/aromatic N) is 1. The van der Waals surface area contributed by atoms with Crippen LogP contribution in [0.4, 0.5) is 0 Å². The van der Waals surface area contributed by atoms with Crippen molar-refractivity contribution in [3.8, 4) is 0 Å². The van der Waals surface area contributed by atoms with E-state index in [1.54, 1.807) is 11.8 Å². The number of quaternary nitrogens is 1. The van der Waals surface area contributed by atoms with Crippen LogP contribution in [0.1, 0.15) is 63.5 Å². The molecule has 200 valence electrons. The number of carbonyl (C=O) groups is 2. The number of carbonyl (C=O) groups excluding carboxylic acids is 2. The van der Waals surface area contributed by atoms with E-state index in [0.29, 0.717) is 12.1 Å². The molecule has 3 fully saturated rings. The average molecular weight is 526 g/mol. The van der Waals surface area contributed by atoms with Crippen molar-refractivity contribution >= 4 is 24.2 Å². The molecule has 5 rings (SSSR count). The molecule has 3 aliphatic rings. The molecule has 3 saturated heterocycles. The lowest BCUT2D eigenvalue weighted by Gasteiger charge is -2.47. The zero-order chi connectivity index (χ0) is 26.3. The number of thioether (sulfide) groups is 1. The van der Waals surface area contributed by atoms with Crippen LogP contribution in [-0.2, 0) is 24.7 Å². The van der Waals surface area contributed by atoms with Gasteiger partial charge in [-0.05, 0) is 23.8 Å². The van der Waals surface area contributed by atoms with Crippen molar-refractivity contribution in [3.63, 3.8) is 0 Å². The summed E-state index contributed by atoms with van der Waals surface area (Å²) in [4.78, 5) is 22.5. The highest BCUT2D eigenvalue weighted by Crippen LogP contribution is 2.47. The van der Waals surface area contributed by atoms with Crippen LogP contribution < -0.4 is 5.11 Å². The second-order valence-corrected chi connectivity index (χ2v) is 11.9. The van der Waals surface area contributed by atoms with Crippen LogP contribution in [0.15, 0.2) is 60.7 Å². The predicted octanol–water partition coefficient (Wildman–Crippen LogP) is 4.26. The molecule has 0 radical (unpaired) electrons.